The van der Waals surface area contributed by atoms with E-state index in [0.29, 0.717) is 13.0 Å². The van der Waals surface area contributed by atoms with Crippen LogP contribution in [0.3, 0.4) is 0 Å². The van der Waals surface area contributed by atoms with E-state index in [-0.39, 0.29) is 23.8 Å². The zero-order chi connectivity index (χ0) is 20.5. The molecule has 1 fully saturated rings. The maximum atomic E-state index is 12.7. The highest BCUT2D eigenvalue weighted by atomic mass is 19.4. The first-order valence-corrected chi connectivity index (χ1v) is 8.91. The Morgan fingerprint density at radius 1 is 1.33 bits per heavy atom. The molecule has 1 aromatic carbocycles. The van der Waals surface area contributed by atoms with Crippen LogP contribution in [0.1, 0.15) is 45.7 Å². The summed E-state index contributed by atoms with van der Waals surface area (Å²) in [6.45, 7) is 6.73. The third-order valence-electron chi connectivity index (χ3n) is 5.37. The Bertz CT molecular complexity index is 661. The number of hydrogen-bond acceptors (Lipinski definition) is 4. The zero-order valence-corrected chi connectivity index (χ0v) is 16.0. The van der Waals surface area contributed by atoms with Gasteiger partial charge in [0.2, 0.25) is 5.91 Å². The van der Waals surface area contributed by atoms with Gasteiger partial charge in [-0.15, -0.1) is 0 Å². The summed E-state index contributed by atoms with van der Waals surface area (Å²) in [5.41, 5.74) is 5.57. The van der Waals surface area contributed by atoms with Gasteiger partial charge in [-0.25, -0.2) is 0 Å². The summed E-state index contributed by atoms with van der Waals surface area (Å²) in [7, 11) is 0. The van der Waals surface area contributed by atoms with Crippen LogP contribution in [0.25, 0.3) is 0 Å². The summed E-state index contributed by atoms with van der Waals surface area (Å²) >= 11 is 0. The van der Waals surface area contributed by atoms with E-state index < -0.39 is 23.7 Å². The van der Waals surface area contributed by atoms with Crippen molar-refractivity contribution in [3.63, 3.8) is 0 Å². The molecular weight excluding hydrogens is 361 g/mol. The molecule has 0 aromatic heterocycles. The van der Waals surface area contributed by atoms with Gasteiger partial charge in [0, 0.05) is 18.4 Å². The van der Waals surface area contributed by atoms with Crippen LogP contribution in [0, 0.1) is 5.41 Å². The lowest BCUT2D eigenvalue weighted by atomic mass is 9.54. The highest BCUT2D eigenvalue weighted by Gasteiger charge is 2.62. The van der Waals surface area contributed by atoms with Crippen molar-refractivity contribution in [1.29, 1.82) is 0 Å². The molecule has 2 rings (SSSR count). The molecule has 8 heteroatoms. The fourth-order valence-corrected chi connectivity index (χ4v) is 3.25. The summed E-state index contributed by atoms with van der Waals surface area (Å²) in [6.07, 6.45) is -4.01. The molecule has 1 aliphatic carbocycles. The molecule has 152 valence electrons. The molecule has 1 aromatic rings. The minimum Gasteiger partial charge on any atom is -0.484 e. The van der Waals surface area contributed by atoms with Crippen LogP contribution in [0.5, 0.6) is 5.75 Å². The van der Waals surface area contributed by atoms with Crippen molar-refractivity contribution < 1.29 is 27.4 Å². The minimum atomic E-state index is -4.38. The molecule has 1 aliphatic rings. The van der Waals surface area contributed by atoms with Gasteiger partial charge in [0.1, 0.15) is 11.3 Å². The van der Waals surface area contributed by atoms with Gasteiger partial charge >= 0.3 is 6.18 Å². The van der Waals surface area contributed by atoms with Crippen molar-refractivity contribution >= 4 is 5.91 Å². The SMILES string of the molecule is CCOC1CC(N)(C(=O)NC(C)c2ccc(OCC(F)(F)F)cc2)C1(C)C. The number of nitrogens with two attached hydrogens (primary N) is 1. The molecule has 3 unspecified atom stereocenters. The fraction of sp³-hybridized carbons (Fsp3) is 0.632. The molecule has 0 aliphatic heterocycles. The van der Waals surface area contributed by atoms with E-state index in [0.717, 1.165) is 5.56 Å². The van der Waals surface area contributed by atoms with Crippen molar-refractivity contribution in [1.82, 2.24) is 5.32 Å². The van der Waals surface area contributed by atoms with E-state index in [1.165, 1.54) is 12.1 Å². The molecule has 0 saturated heterocycles. The summed E-state index contributed by atoms with van der Waals surface area (Å²) in [5.74, 6) is -0.155. The average molecular weight is 388 g/mol. The van der Waals surface area contributed by atoms with Gasteiger partial charge in [-0.05, 0) is 31.5 Å². The van der Waals surface area contributed by atoms with Crippen LogP contribution in [-0.2, 0) is 9.53 Å². The highest BCUT2D eigenvalue weighted by molar-refractivity contribution is 5.89. The minimum absolute atomic E-state index is 0.0707. The third-order valence-corrected chi connectivity index (χ3v) is 5.37. The van der Waals surface area contributed by atoms with Crippen molar-refractivity contribution in [2.75, 3.05) is 13.2 Å². The lowest BCUT2D eigenvalue weighted by Gasteiger charge is -2.57. The first-order chi connectivity index (χ1) is 12.4. The molecule has 5 nitrogen and oxygen atoms in total. The number of rotatable bonds is 7. The van der Waals surface area contributed by atoms with Gasteiger partial charge in [-0.1, -0.05) is 26.0 Å². The Morgan fingerprint density at radius 2 is 1.93 bits per heavy atom. The highest BCUT2D eigenvalue weighted by Crippen LogP contribution is 2.50. The standard InChI is InChI=1S/C19H27F3N2O3/c1-5-26-15-10-18(23,17(15,3)4)16(25)24-12(2)13-6-8-14(9-7-13)27-11-19(20,21)22/h6-9,12,15H,5,10-11,23H2,1-4H3,(H,24,25). The second-order valence-electron chi connectivity index (χ2n) is 7.51. The normalized spacial score (nSPS) is 25.4. The average Bonchev–Trinajstić information content (AvgIpc) is 2.59. The van der Waals surface area contributed by atoms with E-state index >= 15 is 0 Å². The van der Waals surface area contributed by atoms with Gasteiger partial charge in [0.25, 0.3) is 0 Å². The van der Waals surface area contributed by atoms with Gasteiger partial charge < -0.3 is 20.5 Å². The van der Waals surface area contributed by atoms with E-state index in [9.17, 15) is 18.0 Å². The van der Waals surface area contributed by atoms with Crippen LogP contribution in [-0.4, -0.2) is 36.9 Å². The summed E-state index contributed by atoms with van der Waals surface area (Å²) in [4.78, 5) is 12.7. The lowest BCUT2D eigenvalue weighted by Crippen LogP contribution is -2.75. The predicted molar refractivity (Wildman–Crippen MR) is 95.3 cm³/mol. The third kappa shape index (κ3) is 4.55. The Hall–Kier alpha value is -1.80. The topological polar surface area (TPSA) is 73.6 Å². The number of alkyl halides is 3. The Kier molecular flexibility index (Phi) is 6.11. The number of carbonyl (C=O) groups is 1. The van der Waals surface area contributed by atoms with Crippen LogP contribution >= 0.6 is 0 Å². The van der Waals surface area contributed by atoms with E-state index in [2.05, 4.69) is 10.1 Å². The second kappa shape index (κ2) is 7.67. The number of nitrogens with one attached hydrogen (secondary N) is 1. The number of halogens is 3. The molecule has 0 radical (unpaired) electrons. The van der Waals surface area contributed by atoms with Gasteiger partial charge in [-0.2, -0.15) is 13.2 Å². The number of hydrogen-bond donors (Lipinski definition) is 2. The molecule has 0 bridgehead atoms. The van der Waals surface area contributed by atoms with Gasteiger partial charge in [0.15, 0.2) is 6.61 Å². The molecule has 0 heterocycles. The lowest BCUT2D eigenvalue weighted by molar-refractivity contribution is -0.171. The van der Waals surface area contributed by atoms with Crippen molar-refractivity contribution in [2.45, 2.75) is 58.0 Å². The van der Waals surface area contributed by atoms with Crippen molar-refractivity contribution in [2.24, 2.45) is 11.1 Å². The number of ether oxygens (including phenoxy) is 2. The monoisotopic (exact) mass is 388 g/mol. The quantitative estimate of drug-likeness (QED) is 0.751. The van der Waals surface area contributed by atoms with E-state index in [1.54, 1.807) is 19.1 Å². The van der Waals surface area contributed by atoms with Crippen LogP contribution in [0.15, 0.2) is 24.3 Å². The molecule has 1 amide bonds. The number of carbonyl (C=O) groups excluding carboxylic acids is 1. The first kappa shape index (κ1) is 21.5. The van der Waals surface area contributed by atoms with E-state index in [4.69, 9.17) is 10.5 Å². The summed E-state index contributed by atoms with van der Waals surface area (Å²) in [6, 6.07) is 5.78. The smallest absolute Gasteiger partial charge is 0.422 e. The maximum Gasteiger partial charge on any atom is 0.422 e. The Morgan fingerprint density at radius 3 is 2.41 bits per heavy atom. The van der Waals surface area contributed by atoms with Crippen LogP contribution in [0.4, 0.5) is 13.2 Å². The van der Waals surface area contributed by atoms with Gasteiger partial charge in [-0.3, -0.25) is 4.79 Å². The molecule has 1 saturated carbocycles. The number of benzene rings is 1. The van der Waals surface area contributed by atoms with Crippen molar-refractivity contribution in [3.05, 3.63) is 29.8 Å². The molecule has 27 heavy (non-hydrogen) atoms. The fourth-order valence-electron chi connectivity index (χ4n) is 3.25. The molecule has 3 atom stereocenters. The molecule has 3 N–H and O–H groups in total. The Labute approximate surface area is 157 Å². The molecular formula is C19H27F3N2O3. The first-order valence-electron chi connectivity index (χ1n) is 8.91. The van der Waals surface area contributed by atoms with Crippen LogP contribution < -0.4 is 15.8 Å². The Balaban J connectivity index is 1.97. The van der Waals surface area contributed by atoms with Crippen LogP contribution in [0.2, 0.25) is 0 Å². The molecule has 0 spiro atoms. The predicted octanol–water partition coefficient (Wildman–Crippen LogP) is 3.34. The second-order valence-corrected chi connectivity index (χ2v) is 7.51. The maximum absolute atomic E-state index is 12.7. The number of amides is 1. The van der Waals surface area contributed by atoms with Crippen molar-refractivity contribution in [3.8, 4) is 5.75 Å². The largest absolute Gasteiger partial charge is 0.484 e. The summed E-state index contributed by atoms with van der Waals surface area (Å²) in [5, 5.41) is 2.89. The van der Waals surface area contributed by atoms with Gasteiger partial charge in [0.05, 0.1) is 12.1 Å². The zero-order valence-electron chi connectivity index (χ0n) is 16.0. The van der Waals surface area contributed by atoms with E-state index in [1.807, 2.05) is 20.8 Å². The summed E-state index contributed by atoms with van der Waals surface area (Å²) < 4.78 is 46.9.